The Bertz CT molecular complexity index is 613. The van der Waals surface area contributed by atoms with Crippen molar-refractivity contribution in [3.05, 3.63) is 54.6 Å². The molecule has 3 heteroatoms. The topological polar surface area (TPSA) is 29.9 Å². The second-order valence-corrected chi connectivity index (χ2v) is 6.20. The van der Waals surface area contributed by atoms with Crippen LogP contribution in [0.25, 0.3) is 5.69 Å². The number of rotatable bonds is 4. The number of hydrogen-bond acceptors (Lipinski definition) is 2. The molecule has 1 N–H and O–H groups in total. The minimum Gasteiger partial charge on any atom is -0.385 e. The molecular weight excluding hydrogens is 258 g/mol. The van der Waals surface area contributed by atoms with Gasteiger partial charge in [0.25, 0.3) is 0 Å². The van der Waals surface area contributed by atoms with Crippen LogP contribution in [0.1, 0.15) is 26.7 Å². The predicted octanol–water partition coefficient (Wildman–Crippen LogP) is 4.28. The summed E-state index contributed by atoms with van der Waals surface area (Å²) in [6.45, 7) is 5.61. The van der Waals surface area contributed by atoms with E-state index >= 15 is 0 Å². The highest BCUT2D eigenvalue weighted by atomic mass is 15.0. The molecule has 110 valence electrons. The molecule has 0 amide bonds. The Balaban J connectivity index is 1.63. The van der Waals surface area contributed by atoms with Crippen LogP contribution in [0.4, 0.5) is 5.69 Å². The van der Waals surface area contributed by atoms with Crippen LogP contribution >= 0.6 is 0 Å². The van der Waals surface area contributed by atoms with Crippen LogP contribution in [0.5, 0.6) is 0 Å². The Labute approximate surface area is 126 Å². The lowest BCUT2D eigenvalue weighted by molar-refractivity contribution is 0.421. The maximum Gasteiger partial charge on any atom is 0.0991 e. The molecule has 0 radical (unpaired) electrons. The summed E-state index contributed by atoms with van der Waals surface area (Å²) < 4.78 is 2.03. The van der Waals surface area contributed by atoms with Crippen molar-refractivity contribution in [3.8, 4) is 5.69 Å². The fraction of sp³-hybridized carbons (Fsp3) is 0.389. The van der Waals surface area contributed by atoms with Gasteiger partial charge in [-0.1, -0.05) is 24.6 Å². The highest BCUT2D eigenvalue weighted by Gasteiger charge is 2.17. The molecule has 1 aliphatic rings. The van der Waals surface area contributed by atoms with E-state index < -0.39 is 0 Å². The molecule has 2 atom stereocenters. The van der Waals surface area contributed by atoms with E-state index in [0.717, 1.165) is 18.2 Å². The highest BCUT2D eigenvalue weighted by Crippen LogP contribution is 2.28. The molecule has 1 aromatic heterocycles. The standard InChI is InChI=1S/C18H23N3/c1-14-8-15(2)10-16(9-14)12-20-17-4-3-5-18(11-17)21-7-6-19-13-21/h3-8,11,13-14,16,20H,9-10,12H2,1-2H3. The predicted molar refractivity (Wildman–Crippen MR) is 87.7 cm³/mol. The van der Waals surface area contributed by atoms with Gasteiger partial charge in [-0.2, -0.15) is 0 Å². The Kier molecular flexibility index (Phi) is 4.09. The van der Waals surface area contributed by atoms with E-state index in [0.29, 0.717) is 5.92 Å². The number of aromatic nitrogens is 2. The minimum absolute atomic E-state index is 0.711. The van der Waals surface area contributed by atoms with E-state index in [1.165, 1.54) is 24.1 Å². The lowest BCUT2D eigenvalue weighted by Crippen LogP contribution is -2.20. The quantitative estimate of drug-likeness (QED) is 0.848. The van der Waals surface area contributed by atoms with Crippen molar-refractivity contribution in [2.75, 3.05) is 11.9 Å². The van der Waals surface area contributed by atoms with Crippen LogP contribution in [0.15, 0.2) is 54.6 Å². The second kappa shape index (κ2) is 6.17. The summed E-state index contributed by atoms with van der Waals surface area (Å²) >= 11 is 0. The monoisotopic (exact) mass is 281 g/mol. The van der Waals surface area contributed by atoms with Crippen molar-refractivity contribution in [2.45, 2.75) is 26.7 Å². The molecule has 0 aliphatic heterocycles. The van der Waals surface area contributed by atoms with Gasteiger partial charge in [0, 0.05) is 30.3 Å². The summed E-state index contributed by atoms with van der Waals surface area (Å²) in [5.74, 6) is 1.45. The van der Waals surface area contributed by atoms with Crippen molar-refractivity contribution >= 4 is 5.69 Å². The summed E-state index contributed by atoms with van der Waals surface area (Å²) in [5.41, 5.74) is 3.86. The molecular formula is C18H23N3. The molecule has 3 rings (SSSR count). The molecule has 0 spiro atoms. The van der Waals surface area contributed by atoms with Gasteiger partial charge in [-0.05, 0) is 49.8 Å². The third-order valence-electron chi connectivity index (χ3n) is 4.13. The van der Waals surface area contributed by atoms with Gasteiger partial charge in [0.2, 0.25) is 0 Å². The second-order valence-electron chi connectivity index (χ2n) is 6.20. The number of hydrogen-bond donors (Lipinski definition) is 1. The van der Waals surface area contributed by atoms with E-state index in [1.807, 2.05) is 17.1 Å². The van der Waals surface area contributed by atoms with Crippen LogP contribution in [0.2, 0.25) is 0 Å². The van der Waals surface area contributed by atoms with Gasteiger partial charge >= 0.3 is 0 Å². The van der Waals surface area contributed by atoms with Crippen molar-refractivity contribution < 1.29 is 0 Å². The summed E-state index contributed by atoms with van der Waals surface area (Å²) in [7, 11) is 0. The van der Waals surface area contributed by atoms with E-state index in [2.05, 4.69) is 54.5 Å². The fourth-order valence-corrected chi connectivity index (χ4v) is 3.29. The van der Waals surface area contributed by atoms with Gasteiger partial charge < -0.3 is 9.88 Å². The maximum absolute atomic E-state index is 4.10. The number of allylic oxidation sites excluding steroid dienone is 2. The third kappa shape index (κ3) is 3.54. The molecule has 0 saturated heterocycles. The maximum atomic E-state index is 4.10. The van der Waals surface area contributed by atoms with Gasteiger partial charge in [-0.15, -0.1) is 0 Å². The molecule has 0 bridgehead atoms. The molecule has 1 heterocycles. The zero-order valence-corrected chi connectivity index (χ0v) is 12.8. The van der Waals surface area contributed by atoms with E-state index in [-0.39, 0.29) is 0 Å². The van der Waals surface area contributed by atoms with Crippen LogP contribution in [-0.2, 0) is 0 Å². The average molecular weight is 281 g/mol. The normalized spacial score (nSPS) is 21.9. The van der Waals surface area contributed by atoms with Crippen LogP contribution in [-0.4, -0.2) is 16.1 Å². The molecule has 3 nitrogen and oxygen atoms in total. The summed E-state index contributed by atoms with van der Waals surface area (Å²) in [5, 5.41) is 3.60. The van der Waals surface area contributed by atoms with E-state index in [9.17, 15) is 0 Å². The molecule has 2 unspecified atom stereocenters. The van der Waals surface area contributed by atoms with Crippen LogP contribution in [0.3, 0.4) is 0 Å². The Hall–Kier alpha value is -2.03. The molecule has 1 aliphatic carbocycles. The summed E-state index contributed by atoms with van der Waals surface area (Å²) in [6.07, 6.45) is 10.5. The largest absolute Gasteiger partial charge is 0.385 e. The lowest BCUT2D eigenvalue weighted by Gasteiger charge is -2.26. The van der Waals surface area contributed by atoms with E-state index in [4.69, 9.17) is 0 Å². The van der Waals surface area contributed by atoms with Crippen molar-refractivity contribution in [1.82, 2.24) is 9.55 Å². The smallest absolute Gasteiger partial charge is 0.0991 e. The van der Waals surface area contributed by atoms with Gasteiger partial charge in [-0.3, -0.25) is 0 Å². The fourth-order valence-electron chi connectivity index (χ4n) is 3.29. The number of nitrogens with zero attached hydrogens (tertiary/aromatic N) is 2. The first-order valence-electron chi connectivity index (χ1n) is 7.70. The number of imidazole rings is 1. The molecule has 2 aromatic rings. The molecule has 21 heavy (non-hydrogen) atoms. The van der Waals surface area contributed by atoms with Crippen molar-refractivity contribution in [2.24, 2.45) is 11.8 Å². The van der Waals surface area contributed by atoms with Crippen LogP contribution < -0.4 is 5.32 Å². The number of benzene rings is 1. The van der Waals surface area contributed by atoms with Gasteiger partial charge in [0.15, 0.2) is 0 Å². The summed E-state index contributed by atoms with van der Waals surface area (Å²) in [6, 6.07) is 8.50. The Morgan fingerprint density at radius 3 is 3.05 bits per heavy atom. The first-order chi connectivity index (χ1) is 10.2. The SMILES string of the molecule is CC1=CC(C)CC(CNc2cccc(-n3ccnc3)c2)C1. The Morgan fingerprint density at radius 2 is 2.29 bits per heavy atom. The first-order valence-corrected chi connectivity index (χ1v) is 7.70. The molecule has 0 saturated carbocycles. The third-order valence-corrected chi connectivity index (χ3v) is 4.13. The van der Waals surface area contributed by atoms with Gasteiger partial charge in [-0.25, -0.2) is 4.98 Å². The van der Waals surface area contributed by atoms with Gasteiger partial charge in [0.1, 0.15) is 0 Å². The lowest BCUT2D eigenvalue weighted by atomic mass is 9.84. The van der Waals surface area contributed by atoms with Crippen LogP contribution in [0, 0.1) is 11.8 Å². The first kappa shape index (κ1) is 13.9. The number of anilines is 1. The van der Waals surface area contributed by atoms with Gasteiger partial charge in [0.05, 0.1) is 6.33 Å². The zero-order valence-electron chi connectivity index (χ0n) is 12.8. The number of nitrogens with one attached hydrogen (secondary N) is 1. The Morgan fingerprint density at radius 1 is 1.38 bits per heavy atom. The molecule has 0 fully saturated rings. The van der Waals surface area contributed by atoms with E-state index in [1.54, 1.807) is 6.20 Å². The highest BCUT2D eigenvalue weighted by molar-refractivity contribution is 5.51. The minimum atomic E-state index is 0.711. The summed E-state index contributed by atoms with van der Waals surface area (Å²) in [4.78, 5) is 4.10. The molecule has 1 aromatic carbocycles. The zero-order chi connectivity index (χ0) is 14.7. The average Bonchev–Trinajstić information content (AvgIpc) is 2.99. The van der Waals surface area contributed by atoms with Crippen molar-refractivity contribution in [1.29, 1.82) is 0 Å². The van der Waals surface area contributed by atoms with Crippen molar-refractivity contribution in [3.63, 3.8) is 0 Å².